The van der Waals surface area contributed by atoms with Crippen LogP contribution in [0.4, 0.5) is 26.4 Å². The summed E-state index contributed by atoms with van der Waals surface area (Å²) in [5.74, 6) is 1.33. The van der Waals surface area contributed by atoms with Crippen molar-refractivity contribution in [2.75, 3.05) is 44.4 Å². The van der Waals surface area contributed by atoms with Crippen LogP contribution in [0, 0.1) is 11.7 Å². The number of amides is 2. The molecule has 4 heterocycles. The number of hydrogen-bond acceptors (Lipinski definition) is 7. The number of ether oxygens (including phenoxy) is 1. The smallest absolute Gasteiger partial charge is 0.322 e. The Bertz CT molecular complexity index is 1860. The zero-order valence-corrected chi connectivity index (χ0v) is 24.3. The fraction of sp³-hybridized carbons (Fsp3) is 0.312. The molecular weight excluding hydrogens is 547 g/mol. The molecule has 0 saturated carbocycles. The third kappa shape index (κ3) is 4.89. The van der Waals surface area contributed by atoms with Crippen molar-refractivity contribution in [1.29, 1.82) is 0 Å². The summed E-state index contributed by atoms with van der Waals surface area (Å²) in [6, 6.07) is 16.0. The SMILES string of the molecule is COc1cc2ncnc(Nc3ccc4c(cnn4Cc4cccc(F)c4)c3)c2cc1NC(=O)N1CC2CCN(C)C2(C)C1. The van der Waals surface area contributed by atoms with E-state index in [1.807, 2.05) is 46.0 Å². The van der Waals surface area contributed by atoms with E-state index in [0.29, 0.717) is 41.8 Å². The predicted molar refractivity (Wildman–Crippen MR) is 164 cm³/mol. The normalized spacial score (nSPS) is 20.1. The van der Waals surface area contributed by atoms with Crippen LogP contribution in [0.3, 0.4) is 0 Å². The van der Waals surface area contributed by atoms with Crippen molar-refractivity contribution >= 4 is 45.0 Å². The first kappa shape index (κ1) is 27.1. The molecule has 2 atom stereocenters. The van der Waals surface area contributed by atoms with Gasteiger partial charge in [-0.15, -0.1) is 0 Å². The molecule has 5 aromatic rings. The summed E-state index contributed by atoms with van der Waals surface area (Å²) in [6.07, 6.45) is 4.39. The average molecular weight is 581 g/mol. The van der Waals surface area contributed by atoms with Crippen molar-refractivity contribution in [3.8, 4) is 5.75 Å². The Hall–Kier alpha value is -4.77. The number of methoxy groups -OCH3 is 1. The zero-order chi connectivity index (χ0) is 29.7. The standard InChI is InChI=1S/C32H33FN8O2/c1-32-18-40(17-22(32)9-10-39(32)2)31(42)38-27-13-25-26(14-29(27)43-3)34-19-35-30(25)37-24-7-8-28-21(12-24)15-36-41(28)16-20-5-4-6-23(33)11-20/h4-8,11-15,19,22H,9-10,16-18H2,1-3H3,(H,38,42)(H,34,35,37). The van der Waals surface area contributed by atoms with Gasteiger partial charge in [0.2, 0.25) is 0 Å². The maximum absolute atomic E-state index is 13.7. The first-order chi connectivity index (χ1) is 20.8. The Morgan fingerprint density at radius 1 is 1.16 bits per heavy atom. The van der Waals surface area contributed by atoms with Crippen LogP contribution in [-0.2, 0) is 6.54 Å². The molecular formula is C32H33FN8O2. The molecule has 0 bridgehead atoms. The van der Waals surface area contributed by atoms with E-state index in [1.165, 1.54) is 18.5 Å². The molecule has 11 heteroatoms. The molecule has 2 saturated heterocycles. The molecule has 2 aliphatic rings. The number of halogens is 1. The van der Waals surface area contributed by atoms with Crippen LogP contribution in [0.2, 0.25) is 0 Å². The Labute approximate surface area is 248 Å². The average Bonchev–Trinajstić information content (AvgIpc) is 3.64. The van der Waals surface area contributed by atoms with Gasteiger partial charge in [0.05, 0.1) is 36.6 Å². The lowest BCUT2D eigenvalue weighted by Gasteiger charge is -2.31. The quantitative estimate of drug-likeness (QED) is 0.275. The molecule has 0 aliphatic carbocycles. The summed E-state index contributed by atoms with van der Waals surface area (Å²) in [5, 5.41) is 12.7. The lowest BCUT2D eigenvalue weighted by molar-refractivity contribution is 0.171. The minimum absolute atomic E-state index is 0.00675. The van der Waals surface area contributed by atoms with Crippen molar-refractivity contribution in [2.24, 2.45) is 5.92 Å². The summed E-state index contributed by atoms with van der Waals surface area (Å²) in [5.41, 5.74) is 3.84. The second-order valence-corrected chi connectivity index (χ2v) is 11.7. The molecule has 2 fully saturated rings. The number of rotatable bonds is 6. The summed E-state index contributed by atoms with van der Waals surface area (Å²) in [7, 11) is 3.72. The molecule has 0 spiro atoms. The van der Waals surface area contributed by atoms with Gasteiger partial charge >= 0.3 is 6.03 Å². The number of likely N-dealkylation sites (tertiary alicyclic amines) is 2. The van der Waals surface area contributed by atoms with Crippen LogP contribution in [-0.4, -0.2) is 74.9 Å². The molecule has 220 valence electrons. The zero-order valence-electron chi connectivity index (χ0n) is 24.3. The van der Waals surface area contributed by atoms with Crippen LogP contribution >= 0.6 is 0 Å². The summed E-state index contributed by atoms with van der Waals surface area (Å²) < 4.78 is 21.2. The van der Waals surface area contributed by atoms with Gasteiger partial charge in [-0.25, -0.2) is 19.2 Å². The first-order valence-corrected chi connectivity index (χ1v) is 14.4. The molecule has 7 rings (SSSR count). The van der Waals surface area contributed by atoms with Crippen LogP contribution in [0.15, 0.2) is 67.1 Å². The first-order valence-electron chi connectivity index (χ1n) is 14.4. The highest BCUT2D eigenvalue weighted by Crippen LogP contribution is 2.40. The number of nitrogens with one attached hydrogen (secondary N) is 2. The van der Waals surface area contributed by atoms with Crippen LogP contribution in [0.25, 0.3) is 21.8 Å². The number of carbonyl (C=O) groups is 1. The molecule has 2 N–H and O–H groups in total. The third-order valence-electron chi connectivity index (χ3n) is 9.13. The molecule has 3 aromatic carbocycles. The summed E-state index contributed by atoms with van der Waals surface area (Å²) in [4.78, 5) is 26.6. The largest absolute Gasteiger partial charge is 0.494 e. The van der Waals surface area contributed by atoms with E-state index in [4.69, 9.17) is 4.74 Å². The van der Waals surface area contributed by atoms with E-state index < -0.39 is 0 Å². The number of nitrogens with zero attached hydrogens (tertiary/aromatic N) is 6. The minimum Gasteiger partial charge on any atom is -0.494 e. The van der Waals surface area contributed by atoms with E-state index in [1.54, 1.807) is 19.4 Å². The van der Waals surface area contributed by atoms with Gasteiger partial charge in [0.25, 0.3) is 0 Å². The predicted octanol–water partition coefficient (Wildman–Crippen LogP) is 5.48. The number of anilines is 3. The highest BCUT2D eigenvalue weighted by Gasteiger charge is 2.50. The van der Waals surface area contributed by atoms with Crippen molar-refractivity contribution < 1.29 is 13.9 Å². The summed E-state index contributed by atoms with van der Waals surface area (Å²) >= 11 is 0. The van der Waals surface area contributed by atoms with E-state index in [0.717, 1.165) is 47.1 Å². The fourth-order valence-corrected chi connectivity index (χ4v) is 6.52. The molecule has 43 heavy (non-hydrogen) atoms. The van der Waals surface area contributed by atoms with Gasteiger partial charge in [-0.05, 0) is 74.8 Å². The lowest BCUT2D eigenvalue weighted by atomic mass is 9.91. The van der Waals surface area contributed by atoms with Crippen LogP contribution < -0.4 is 15.4 Å². The van der Waals surface area contributed by atoms with E-state index in [2.05, 4.69) is 44.6 Å². The molecule has 2 unspecified atom stereocenters. The minimum atomic E-state index is -0.265. The second kappa shape index (κ2) is 10.5. The van der Waals surface area contributed by atoms with E-state index in [9.17, 15) is 9.18 Å². The monoisotopic (exact) mass is 580 g/mol. The lowest BCUT2D eigenvalue weighted by Crippen LogP contribution is -2.45. The van der Waals surface area contributed by atoms with Gasteiger partial charge in [-0.3, -0.25) is 9.58 Å². The number of benzene rings is 3. The maximum atomic E-state index is 13.7. The maximum Gasteiger partial charge on any atom is 0.322 e. The number of likely N-dealkylation sites (N-methyl/N-ethyl adjacent to an activating group) is 1. The van der Waals surface area contributed by atoms with Crippen LogP contribution in [0.5, 0.6) is 5.75 Å². The van der Waals surface area contributed by atoms with E-state index in [-0.39, 0.29) is 17.4 Å². The Balaban J connectivity index is 1.14. The van der Waals surface area contributed by atoms with Gasteiger partial charge in [0, 0.05) is 41.2 Å². The van der Waals surface area contributed by atoms with Crippen molar-refractivity contribution in [1.82, 2.24) is 29.5 Å². The number of hydrogen-bond donors (Lipinski definition) is 2. The molecule has 2 amide bonds. The molecule has 2 aromatic heterocycles. The fourth-order valence-electron chi connectivity index (χ4n) is 6.52. The van der Waals surface area contributed by atoms with Gasteiger partial charge < -0.3 is 20.3 Å². The van der Waals surface area contributed by atoms with Crippen molar-refractivity contribution in [3.63, 3.8) is 0 Å². The van der Waals surface area contributed by atoms with Gasteiger partial charge in [0.1, 0.15) is 23.7 Å². The van der Waals surface area contributed by atoms with Gasteiger partial charge in [-0.1, -0.05) is 12.1 Å². The number of carbonyl (C=O) groups excluding carboxylic acids is 1. The van der Waals surface area contributed by atoms with Crippen molar-refractivity contribution in [3.05, 3.63) is 78.5 Å². The Morgan fingerprint density at radius 2 is 2.05 bits per heavy atom. The van der Waals surface area contributed by atoms with Crippen molar-refractivity contribution in [2.45, 2.75) is 25.4 Å². The number of urea groups is 1. The highest BCUT2D eigenvalue weighted by atomic mass is 19.1. The van der Waals surface area contributed by atoms with Gasteiger partial charge in [-0.2, -0.15) is 5.10 Å². The third-order valence-corrected chi connectivity index (χ3v) is 9.13. The second-order valence-electron chi connectivity index (χ2n) is 11.7. The Kier molecular flexibility index (Phi) is 6.61. The number of fused-ring (bicyclic) bond motifs is 3. The molecule has 10 nitrogen and oxygen atoms in total. The Morgan fingerprint density at radius 3 is 2.86 bits per heavy atom. The van der Waals surface area contributed by atoms with Gasteiger partial charge in [0.15, 0.2) is 0 Å². The number of aromatic nitrogens is 4. The summed E-state index contributed by atoms with van der Waals surface area (Å²) in [6.45, 7) is 5.20. The van der Waals surface area contributed by atoms with E-state index >= 15 is 0 Å². The molecule has 0 radical (unpaired) electrons. The van der Waals surface area contributed by atoms with Crippen LogP contribution in [0.1, 0.15) is 18.9 Å². The highest BCUT2D eigenvalue weighted by molar-refractivity contribution is 5.99. The molecule has 2 aliphatic heterocycles. The topological polar surface area (TPSA) is 100 Å².